The normalized spacial score (nSPS) is 16.0. The summed E-state index contributed by atoms with van der Waals surface area (Å²) in [6.45, 7) is 0.513. The van der Waals surface area contributed by atoms with Crippen molar-refractivity contribution in [3.8, 4) is 0 Å². The lowest BCUT2D eigenvalue weighted by atomic mass is 10.0. The zero-order valence-corrected chi connectivity index (χ0v) is 12.1. The molecule has 0 saturated heterocycles. The Labute approximate surface area is 124 Å². The Morgan fingerprint density at radius 2 is 1.43 bits per heavy atom. The van der Waals surface area contributed by atoms with Crippen molar-refractivity contribution >= 4 is 27.6 Å². The highest BCUT2D eigenvalue weighted by Gasteiger charge is 2.23. The van der Waals surface area contributed by atoms with Gasteiger partial charge >= 0.3 is 0 Å². The van der Waals surface area contributed by atoms with Crippen molar-refractivity contribution in [2.45, 2.75) is 32.2 Å². The van der Waals surface area contributed by atoms with Gasteiger partial charge in [0.1, 0.15) is 0 Å². The lowest BCUT2D eigenvalue weighted by Gasteiger charge is -2.11. The van der Waals surface area contributed by atoms with E-state index in [1.165, 1.54) is 34.6 Å². The van der Waals surface area contributed by atoms with E-state index in [2.05, 4.69) is 53.1 Å². The van der Waals surface area contributed by atoms with Crippen molar-refractivity contribution in [2.24, 2.45) is 5.92 Å². The SMILES string of the molecule is O=C(Cn1c2ccccc2c2ccccc21)C1CCCC1. The molecule has 0 amide bonds. The monoisotopic (exact) mass is 277 g/mol. The Morgan fingerprint density at radius 3 is 2.00 bits per heavy atom. The van der Waals surface area contributed by atoms with E-state index < -0.39 is 0 Å². The summed E-state index contributed by atoms with van der Waals surface area (Å²) in [5.41, 5.74) is 2.34. The van der Waals surface area contributed by atoms with Crippen molar-refractivity contribution in [2.75, 3.05) is 0 Å². The quantitative estimate of drug-likeness (QED) is 0.688. The van der Waals surface area contributed by atoms with Gasteiger partial charge in [0.05, 0.1) is 6.54 Å². The number of Topliss-reactive ketones (excluding diaryl/α,β-unsaturated/α-hetero) is 1. The summed E-state index contributed by atoms with van der Waals surface area (Å²) in [6, 6.07) is 16.8. The van der Waals surface area contributed by atoms with Gasteiger partial charge in [0.25, 0.3) is 0 Å². The van der Waals surface area contributed by atoms with Gasteiger partial charge in [0.15, 0.2) is 5.78 Å². The zero-order valence-electron chi connectivity index (χ0n) is 12.1. The van der Waals surface area contributed by atoms with E-state index in [9.17, 15) is 4.79 Å². The van der Waals surface area contributed by atoms with Gasteiger partial charge < -0.3 is 4.57 Å². The molecule has 0 spiro atoms. The third-order valence-corrected chi connectivity index (χ3v) is 4.80. The number of carbonyl (C=O) groups excluding carboxylic acids is 1. The fourth-order valence-corrected chi connectivity index (χ4v) is 3.71. The average Bonchev–Trinajstić information content (AvgIpc) is 3.15. The summed E-state index contributed by atoms with van der Waals surface area (Å²) < 4.78 is 2.20. The van der Waals surface area contributed by atoms with Crippen LogP contribution in [0.5, 0.6) is 0 Å². The largest absolute Gasteiger partial charge is 0.333 e. The molecule has 0 bridgehead atoms. The molecule has 4 rings (SSSR count). The van der Waals surface area contributed by atoms with Crippen molar-refractivity contribution < 1.29 is 4.79 Å². The molecule has 2 aromatic carbocycles. The first-order valence-electron chi connectivity index (χ1n) is 7.83. The summed E-state index contributed by atoms with van der Waals surface area (Å²) in [5, 5.41) is 2.49. The van der Waals surface area contributed by atoms with E-state index in [0.717, 1.165) is 12.8 Å². The highest BCUT2D eigenvalue weighted by Crippen LogP contribution is 2.31. The highest BCUT2D eigenvalue weighted by molar-refractivity contribution is 6.08. The topological polar surface area (TPSA) is 22.0 Å². The number of hydrogen-bond acceptors (Lipinski definition) is 1. The van der Waals surface area contributed by atoms with Crippen LogP contribution in [-0.4, -0.2) is 10.4 Å². The number of para-hydroxylation sites is 2. The summed E-state index contributed by atoms with van der Waals surface area (Å²) in [5.74, 6) is 0.684. The van der Waals surface area contributed by atoms with Gasteiger partial charge in [-0.25, -0.2) is 0 Å². The van der Waals surface area contributed by atoms with Crippen LogP contribution in [0.2, 0.25) is 0 Å². The molecule has 21 heavy (non-hydrogen) atoms. The first-order valence-corrected chi connectivity index (χ1v) is 7.83. The smallest absolute Gasteiger partial charge is 0.155 e. The van der Waals surface area contributed by atoms with Crippen LogP contribution in [0.3, 0.4) is 0 Å². The van der Waals surface area contributed by atoms with Crippen molar-refractivity contribution in [3.63, 3.8) is 0 Å². The maximum absolute atomic E-state index is 12.6. The van der Waals surface area contributed by atoms with E-state index in [1.54, 1.807) is 0 Å². The third-order valence-electron chi connectivity index (χ3n) is 4.80. The van der Waals surface area contributed by atoms with E-state index in [-0.39, 0.29) is 5.92 Å². The Morgan fingerprint density at radius 1 is 0.905 bits per heavy atom. The summed E-state index contributed by atoms with van der Waals surface area (Å²) in [7, 11) is 0. The molecule has 2 nitrogen and oxygen atoms in total. The number of rotatable bonds is 3. The van der Waals surface area contributed by atoms with E-state index in [4.69, 9.17) is 0 Å². The van der Waals surface area contributed by atoms with Gasteiger partial charge in [-0.05, 0) is 25.0 Å². The molecule has 0 atom stereocenters. The number of aromatic nitrogens is 1. The average molecular weight is 277 g/mol. The molecule has 1 saturated carbocycles. The van der Waals surface area contributed by atoms with Crippen molar-refractivity contribution in [1.29, 1.82) is 0 Å². The number of ketones is 1. The molecular formula is C19H19NO. The highest BCUT2D eigenvalue weighted by atomic mass is 16.1. The maximum Gasteiger partial charge on any atom is 0.155 e. The van der Waals surface area contributed by atoms with Crippen LogP contribution < -0.4 is 0 Å². The van der Waals surface area contributed by atoms with Gasteiger partial charge in [-0.2, -0.15) is 0 Å². The Hall–Kier alpha value is -2.09. The minimum atomic E-state index is 0.282. The van der Waals surface area contributed by atoms with Gasteiger partial charge in [0, 0.05) is 27.7 Å². The number of fused-ring (bicyclic) bond motifs is 3. The van der Waals surface area contributed by atoms with Crippen molar-refractivity contribution in [1.82, 2.24) is 4.57 Å². The second-order valence-corrected chi connectivity index (χ2v) is 6.07. The van der Waals surface area contributed by atoms with Crippen molar-refractivity contribution in [3.05, 3.63) is 48.5 Å². The first-order chi connectivity index (χ1) is 10.3. The van der Waals surface area contributed by atoms with Crippen LogP contribution in [0.25, 0.3) is 21.8 Å². The molecule has 1 fully saturated rings. The minimum absolute atomic E-state index is 0.282. The number of hydrogen-bond donors (Lipinski definition) is 0. The Kier molecular flexibility index (Phi) is 3.03. The van der Waals surface area contributed by atoms with Gasteiger partial charge in [-0.15, -0.1) is 0 Å². The van der Waals surface area contributed by atoms with Crippen LogP contribution in [-0.2, 0) is 11.3 Å². The molecule has 0 unspecified atom stereocenters. The summed E-state index contributed by atoms with van der Waals surface area (Å²) in [6.07, 6.45) is 4.58. The third kappa shape index (κ3) is 2.06. The second-order valence-electron chi connectivity index (χ2n) is 6.07. The van der Waals surface area contributed by atoms with Crippen LogP contribution in [0, 0.1) is 5.92 Å². The molecular weight excluding hydrogens is 258 g/mol. The van der Waals surface area contributed by atoms with Gasteiger partial charge in [-0.1, -0.05) is 49.2 Å². The molecule has 2 heteroatoms. The van der Waals surface area contributed by atoms with Gasteiger partial charge in [-0.3, -0.25) is 4.79 Å². The number of nitrogens with zero attached hydrogens (tertiary/aromatic N) is 1. The molecule has 1 aromatic heterocycles. The van der Waals surface area contributed by atoms with Crippen LogP contribution >= 0.6 is 0 Å². The molecule has 3 aromatic rings. The second kappa shape index (κ2) is 5.03. The molecule has 0 aliphatic heterocycles. The van der Waals surface area contributed by atoms with Crippen LogP contribution in [0.4, 0.5) is 0 Å². The predicted octanol–water partition coefficient (Wildman–Crippen LogP) is 4.55. The standard InChI is InChI=1S/C19H19NO/c21-19(14-7-1-2-8-14)13-20-17-11-5-3-9-15(17)16-10-4-6-12-18(16)20/h3-6,9-12,14H,1-2,7-8,13H2. The lowest BCUT2D eigenvalue weighted by Crippen LogP contribution is -2.17. The zero-order chi connectivity index (χ0) is 14.2. The first kappa shape index (κ1) is 12.6. The minimum Gasteiger partial charge on any atom is -0.333 e. The van der Waals surface area contributed by atoms with E-state index >= 15 is 0 Å². The Balaban J connectivity index is 1.83. The summed E-state index contributed by atoms with van der Waals surface area (Å²) >= 11 is 0. The molecule has 1 aliphatic carbocycles. The number of benzene rings is 2. The predicted molar refractivity (Wildman–Crippen MR) is 86.4 cm³/mol. The maximum atomic E-state index is 12.6. The molecule has 0 N–H and O–H groups in total. The molecule has 0 radical (unpaired) electrons. The summed E-state index contributed by atoms with van der Waals surface area (Å²) in [4.78, 5) is 12.6. The van der Waals surface area contributed by atoms with E-state index in [0.29, 0.717) is 12.3 Å². The van der Waals surface area contributed by atoms with Gasteiger partial charge in [0.2, 0.25) is 0 Å². The molecule has 1 heterocycles. The molecule has 1 aliphatic rings. The van der Waals surface area contributed by atoms with Crippen LogP contribution in [0.15, 0.2) is 48.5 Å². The molecule has 106 valence electrons. The Bertz CT molecular complexity index is 755. The lowest BCUT2D eigenvalue weighted by molar-refractivity contribution is -0.123. The van der Waals surface area contributed by atoms with E-state index in [1.807, 2.05) is 0 Å². The number of carbonyl (C=O) groups is 1. The fourth-order valence-electron chi connectivity index (χ4n) is 3.71. The fraction of sp³-hybridized carbons (Fsp3) is 0.316. The van der Waals surface area contributed by atoms with Crippen LogP contribution in [0.1, 0.15) is 25.7 Å².